The molecule has 0 saturated carbocycles. The molecule has 0 radical (unpaired) electrons. The molecule has 0 fully saturated rings. The molecule has 6 nitrogen and oxygen atoms in total. The third-order valence-electron chi connectivity index (χ3n) is 2.74. The zero-order chi connectivity index (χ0) is 16.2. The second-order valence-corrected chi connectivity index (χ2v) is 5.55. The molecule has 21 heavy (non-hydrogen) atoms. The number of ether oxygens (including phenoxy) is 1. The normalized spacial score (nSPS) is 10.8. The minimum atomic E-state index is -0.728. The van der Waals surface area contributed by atoms with Crippen molar-refractivity contribution in [3.8, 4) is 0 Å². The summed E-state index contributed by atoms with van der Waals surface area (Å²) in [6, 6.07) is 4.44. The summed E-state index contributed by atoms with van der Waals surface area (Å²) in [5, 5.41) is 7.46. The number of amidine groups is 1. The van der Waals surface area contributed by atoms with Crippen LogP contribution in [0.5, 0.6) is 0 Å². The SMILES string of the molecule is CC(C)(C)C(=O)OCC(=O)c1c(C=O)cccc1C(=N)N. The van der Waals surface area contributed by atoms with Crippen molar-refractivity contribution >= 4 is 23.9 Å². The predicted molar refractivity (Wildman–Crippen MR) is 77.6 cm³/mol. The summed E-state index contributed by atoms with van der Waals surface area (Å²) >= 11 is 0. The van der Waals surface area contributed by atoms with Crippen molar-refractivity contribution in [3.63, 3.8) is 0 Å². The number of rotatable bonds is 5. The fourth-order valence-electron chi connectivity index (χ4n) is 1.62. The zero-order valence-corrected chi connectivity index (χ0v) is 12.2. The van der Waals surface area contributed by atoms with E-state index in [0.29, 0.717) is 6.29 Å². The first-order valence-corrected chi connectivity index (χ1v) is 6.31. The van der Waals surface area contributed by atoms with Gasteiger partial charge in [-0.15, -0.1) is 0 Å². The van der Waals surface area contributed by atoms with Crippen LogP contribution in [0.25, 0.3) is 0 Å². The Bertz CT molecular complexity index is 600. The number of nitrogens with two attached hydrogens (primary N) is 1. The lowest BCUT2D eigenvalue weighted by molar-refractivity contribution is -0.151. The van der Waals surface area contributed by atoms with Crippen molar-refractivity contribution in [1.82, 2.24) is 0 Å². The average Bonchev–Trinajstić information content (AvgIpc) is 2.42. The largest absolute Gasteiger partial charge is 0.457 e. The quantitative estimate of drug-likeness (QED) is 0.281. The summed E-state index contributed by atoms with van der Waals surface area (Å²) in [4.78, 5) is 34.9. The van der Waals surface area contributed by atoms with Gasteiger partial charge >= 0.3 is 5.97 Å². The molecule has 0 saturated heterocycles. The smallest absolute Gasteiger partial charge is 0.311 e. The molecule has 0 amide bonds. The van der Waals surface area contributed by atoms with E-state index in [-0.39, 0.29) is 22.5 Å². The molecule has 0 aliphatic rings. The van der Waals surface area contributed by atoms with Gasteiger partial charge in [0.15, 0.2) is 12.9 Å². The van der Waals surface area contributed by atoms with Crippen LogP contribution in [0.4, 0.5) is 0 Å². The van der Waals surface area contributed by atoms with Crippen molar-refractivity contribution in [2.75, 3.05) is 6.61 Å². The number of nitrogens with one attached hydrogen (secondary N) is 1. The highest BCUT2D eigenvalue weighted by Gasteiger charge is 2.25. The van der Waals surface area contributed by atoms with Gasteiger partial charge in [0, 0.05) is 16.7 Å². The van der Waals surface area contributed by atoms with E-state index >= 15 is 0 Å². The molecule has 3 N–H and O–H groups in total. The Morgan fingerprint density at radius 2 is 1.95 bits per heavy atom. The third-order valence-corrected chi connectivity index (χ3v) is 2.74. The van der Waals surface area contributed by atoms with Gasteiger partial charge in [0.05, 0.1) is 5.41 Å². The Morgan fingerprint density at radius 1 is 1.33 bits per heavy atom. The van der Waals surface area contributed by atoms with Crippen LogP contribution in [0, 0.1) is 10.8 Å². The fourth-order valence-corrected chi connectivity index (χ4v) is 1.62. The highest BCUT2D eigenvalue weighted by atomic mass is 16.5. The van der Waals surface area contributed by atoms with Crippen molar-refractivity contribution in [1.29, 1.82) is 5.41 Å². The summed E-state index contributed by atoms with van der Waals surface area (Å²) in [5.41, 5.74) is 4.94. The lowest BCUT2D eigenvalue weighted by Crippen LogP contribution is -2.27. The Hall–Kier alpha value is -2.50. The minimum Gasteiger partial charge on any atom is -0.457 e. The highest BCUT2D eigenvalue weighted by molar-refractivity contribution is 6.13. The van der Waals surface area contributed by atoms with Crippen LogP contribution in [-0.2, 0) is 9.53 Å². The van der Waals surface area contributed by atoms with E-state index in [1.54, 1.807) is 20.8 Å². The second kappa shape index (κ2) is 6.30. The standard InChI is InChI=1S/C15H18N2O4/c1-15(2,3)14(20)21-8-11(19)12-9(7-18)5-4-6-10(12)13(16)17/h4-7H,8H2,1-3H3,(H3,16,17). The Labute approximate surface area is 122 Å². The number of hydrogen-bond donors (Lipinski definition) is 2. The van der Waals surface area contributed by atoms with Crippen LogP contribution in [-0.4, -0.2) is 30.5 Å². The molecule has 1 rings (SSSR count). The second-order valence-electron chi connectivity index (χ2n) is 5.55. The van der Waals surface area contributed by atoms with E-state index in [0.717, 1.165) is 0 Å². The van der Waals surface area contributed by atoms with Gasteiger partial charge in [0.2, 0.25) is 5.78 Å². The number of aldehydes is 1. The lowest BCUT2D eigenvalue weighted by Gasteiger charge is -2.17. The molecule has 0 heterocycles. The first kappa shape index (κ1) is 16.6. The van der Waals surface area contributed by atoms with E-state index < -0.39 is 23.8 Å². The molecule has 6 heteroatoms. The predicted octanol–water partition coefficient (Wildman–Crippen LogP) is 1.56. The number of ketones is 1. The topological polar surface area (TPSA) is 110 Å². The number of esters is 1. The van der Waals surface area contributed by atoms with Gasteiger partial charge in [0.25, 0.3) is 0 Å². The molecule has 1 aromatic carbocycles. The van der Waals surface area contributed by atoms with E-state index in [2.05, 4.69) is 0 Å². The average molecular weight is 290 g/mol. The maximum absolute atomic E-state index is 12.2. The Morgan fingerprint density at radius 3 is 2.43 bits per heavy atom. The third kappa shape index (κ3) is 3.98. The number of carbonyl (C=O) groups is 3. The van der Waals surface area contributed by atoms with Crippen LogP contribution in [0.15, 0.2) is 18.2 Å². The van der Waals surface area contributed by atoms with Crippen molar-refractivity contribution < 1.29 is 19.1 Å². The van der Waals surface area contributed by atoms with Crippen LogP contribution in [0.1, 0.15) is 47.1 Å². The Kier molecular flexibility index (Phi) is 4.97. The molecule has 0 aromatic heterocycles. The lowest BCUT2D eigenvalue weighted by atomic mass is 9.96. The Balaban J connectivity index is 3.05. The summed E-state index contributed by atoms with van der Waals surface area (Å²) in [6.07, 6.45) is 0.505. The summed E-state index contributed by atoms with van der Waals surface area (Å²) in [6.45, 7) is 4.50. The summed E-state index contributed by atoms with van der Waals surface area (Å²) < 4.78 is 4.94. The maximum atomic E-state index is 12.2. The van der Waals surface area contributed by atoms with E-state index in [9.17, 15) is 14.4 Å². The van der Waals surface area contributed by atoms with Gasteiger partial charge in [-0.05, 0) is 20.8 Å². The number of benzene rings is 1. The van der Waals surface area contributed by atoms with Gasteiger partial charge in [-0.3, -0.25) is 19.8 Å². The first-order chi connectivity index (χ1) is 9.68. The molecule has 0 bridgehead atoms. The van der Waals surface area contributed by atoms with E-state index in [4.69, 9.17) is 15.9 Å². The van der Waals surface area contributed by atoms with Gasteiger partial charge in [-0.25, -0.2) is 0 Å². The molecule has 1 aromatic rings. The molecule has 0 atom stereocenters. The fraction of sp³-hybridized carbons (Fsp3) is 0.333. The molecular formula is C15H18N2O4. The van der Waals surface area contributed by atoms with E-state index in [1.165, 1.54) is 18.2 Å². The highest BCUT2D eigenvalue weighted by Crippen LogP contribution is 2.17. The van der Waals surface area contributed by atoms with Crippen LogP contribution in [0.3, 0.4) is 0 Å². The maximum Gasteiger partial charge on any atom is 0.311 e. The van der Waals surface area contributed by atoms with Crippen molar-refractivity contribution in [2.45, 2.75) is 20.8 Å². The summed E-state index contributed by atoms with van der Waals surface area (Å²) in [5.74, 6) is -1.42. The van der Waals surface area contributed by atoms with Crippen molar-refractivity contribution in [2.24, 2.45) is 11.1 Å². The van der Waals surface area contributed by atoms with Gasteiger partial charge < -0.3 is 10.5 Å². The number of carbonyl (C=O) groups excluding carboxylic acids is 3. The number of hydrogen-bond acceptors (Lipinski definition) is 5. The van der Waals surface area contributed by atoms with Gasteiger partial charge in [-0.1, -0.05) is 18.2 Å². The van der Waals surface area contributed by atoms with Gasteiger partial charge in [0.1, 0.15) is 5.84 Å². The molecular weight excluding hydrogens is 272 g/mol. The zero-order valence-electron chi connectivity index (χ0n) is 12.2. The van der Waals surface area contributed by atoms with Crippen molar-refractivity contribution in [3.05, 3.63) is 34.9 Å². The molecule has 0 aliphatic carbocycles. The number of nitrogen functional groups attached to an aromatic ring is 1. The molecule has 0 aliphatic heterocycles. The molecule has 0 unspecified atom stereocenters. The van der Waals surface area contributed by atoms with Crippen LogP contribution >= 0.6 is 0 Å². The molecule has 112 valence electrons. The summed E-state index contributed by atoms with van der Waals surface area (Å²) in [7, 11) is 0. The minimum absolute atomic E-state index is 0.00158. The van der Waals surface area contributed by atoms with Gasteiger partial charge in [-0.2, -0.15) is 0 Å². The monoisotopic (exact) mass is 290 g/mol. The van der Waals surface area contributed by atoms with Crippen LogP contribution in [0.2, 0.25) is 0 Å². The molecule has 0 spiro atoms. The number of Topliss-reactive ketones (excluding diaryl/α,β-unsaturated/α-hetero) is 1. The first-order valence-electron chi connectivity index (χ1n) is 6.31. The van der Waals surface area contributed by atoms with E-state index in [1.807, 2.05) is 0 Å². The van der Waals surface area contributed by atoms with Crippen LogP contribution < -0.4 is 5.73 Å².